The molecule has 0 radical (unpaired) electrons. The standard InChI is InChI=1S/C25H27N3O5.C2HF3O2/c1-17-13-19(21-5-2-3-6-22(21)26-17)15-33-20-9-7-18(8-10-20)24(30)27-25(14-23(29)28-31)11-4-12-32-16-25;3-2(4,5)1(6)7/h2-3,5-10,13,31H,4,11-12,14-16H2,1H3,(H,27,30)(H,28,29);(H,6,7)/t25-;/m1./s1. The number of aliphatic carboxylic acids is 1. The van der Waals surface area contributed by atoms with Crippen molar-refractivity contribution in [3.63, 3.8) is 0 Å². The summed E-state index contributed by atoms with van der Waals surface area (Å²) < 4.78 is 43.2. The van der Waals surface area contributed by atoms with Crippen molar-refractivity contribution in [2.24, 2.45) is 0 Å². The molecule has 2 amide bonds. The number of carbonyl (C=O) groups is 3. The Bertz CT molecular complexity index is 1340. The first-order valence-corrected chi connectivity index (χ1v) is 12.1. The topological polar surface area (TPSA) is 147 Å². The largest absolute Gasteiger partial charge is 0.490 e. The summed E-state index contributed by atoms with van der Waals surface area (Å²) >= 11 is 0. The van der Waals surface area contributed by atoms with Crippen LogP contribution >= 0.6 is 0 Å². The van der Waals surface area contributed by atoms with Gasteiger partial charge in [-0.25, -0.2) is 10.3 Å². The fraction of sp³-hybridized carbons (Fsp3) is 0.333. The average Bonchev–Trinajstić information content (AvgIpc) is 2.92. The minimum absolute atomic E-state index is 0.0598. The van der Waals surface area contributed by atoms with Crippen LogP contribution in [0.15, 0.2) is 54.6 Å². The van der Waals surface area contributed by atoms with Crippen molar-refractivity contribution in [1.82, 2.24) is 15.8 Å². The number of hydrogen-bond acceptors (Lipinski definition) is 7. The summed E-state index contributed by atoms with van der Waals surface area (Å²) in [5.41, 5.74) is 4.13. The van der Waals surface area contributed by atoms with Gasteiger partial charge >= 0.3 is 12.1 Å². The minimum atomic E-state index is -5.08. The number of para-hydroxylation sites is 1. The second-order valence-electron chi connectivity index (χ2n) is 9.16. The van der Waals surface area contributed by atoms with E-state index in [2.05, 4.69) is 10.3 Å². The molecule has 1 aliphatic rings. The van der Waals surface area contributed by atoms with E-state index in [9.17, 15) is 22.8 Å². The Hall–Kier alpha value is -4.23. The van der Waals surface area contributed by atoms with Gasteiger partial charge in [0.1, 0.15) is 12.4 Å². The maximum absolute atomic E-state index is 12.9. The van der Waals surface area contributed by atoms with Crippen LogP contribution in [0.4, 0.5) is 13.2 Å². The molecule has 1 atom stereocenters. The first kappa shape index (κ1) is 30.3. The summed E-state index contributed by atoms with van der Waals surface area (Å²) in [6.45, 7) is 3.13. The number of hydroxylamine groups is 1. The van der Waals surface area contributed by atoms with Crippen molar-refractivity contribution in [2.45, 2.75) is 44.5 Å². The van der Waals surface area contributed by atoms with Gasteiger partial charge in [-0.05, 0) is 56.2 Å². The maximum Gasteiger partial charge on any atom is 0.490 e. The lowest BCUT2D eigenvalue weighted by Gasteiger charge is -2.37. The van der Waals surface area contributed by atoms with E-state index in [1.165, 1.54) is 0 Å². The van der Waals surface area contributed by atoms with Crippen molar-refractivity contribution in [1.29, 1.82) is 0 Å². The van der Waals surface area contributed by atoms with Crippen LogP contribution in [0.5, 0.6) is 5.75 Å². The van der Waals surface area contributed by atoms with Crippen molar-refractivity contribution < 1.29 is 47.3 Å². The van der Waals surface area contributed by atoms with Crippen LogP contribution < -0.4 is 15.5 Å². The molecular formula is C27H28F3N3O7. The number of benzene rings is 2. The first-order chi connectivity index (χ1) is 18.9. The second-order valence-corrected chi connectivity index (χ2v) is 9.16. The van der Waals surface area contributed by atoms with Gasteiger partial charge in [-0.15, -0.1) is 0 Å². The lowest BCUT2D eigenvalue weighted by atomic mass is 9.88. The molecule has 10 nitrogen and oxygen atoms in total. The van der Waals surface area contributed by atoms with Gasteiger partial charge in [0.05, 0.1) is 24.1 Å². The predicted octanol–water partition coefficient (Wildman–Crippen LogP) is 3.93. The van der Waals surface area contributed by atoms with Gasteiger partial charge < -0.3 is 19.9 Å². The van der Waals surface area contributed by atoms with Gasteiger partial charge in [0.2, 0.25) is 5.91 Å². The Morgan fingerprint density at radius 1 is 1.12 bits per heavy atom. The molecule has 2 aromatic carbocycles. The van der Waals surface area contributed by atoms with Gasteiger partial charge in [-0.1, -0.05) is 18.2 Å². The van der Waals surface area contributed by atoms with Crippen LogP contribution in [0, 0.1) is 6.92 Å². The Kier molecular flexibility index (Phi) is 10.0. The van der Waals surface area contributed by atoms with Crippen molar-refractivity contribution in [3.8, 4) is 5.75 Å². The number of carboxylic acids is 1. The molecule has 0 saturated carbocycles. The van der Waals surface area contributed by atoms with E-state index in [0.717, 1.165) is 28.6 Å². The van der Waals surface area contributed by atoms with Gasteiger partial charge in [-0.2, -0.15) is 13.2 Å². The summed E-state index contributed by atoms with van der Waals surface area (Å²) in [7, 11) is 0. The third kappa shape index (κ3) is 8.38. The normalized spacial score (nSPS) is 16.8. The number of hydrogen-bond donors (Lipinski definition) is 4. The maximum atomic E-state index is 12.9. The Labute approximate surface area is 227 Å². The second kappa shape index (κ2) is 13.2. The monoisotopic (exact) mass is 563 g/mol. The number of carboxylic acid groups (broad SMARTS) is 1. The molecule has 40 heavy (non-hydrogen) atoms. The quantitative estimate of drug-likeness (QED) is 0.250. The SMILES string of the molecule is Cc1cc(COc2ccc(C(=O)N[C@@]3(CC(=O)NO)CCCOC3)cc2)c2ccccc2n1.O=C(O)C(F)(F)F. The van der Waals surface area contributed by atoms with Crippen LogP contribution in [-0.4, -0.2) is 58.0 Å². The molecule has 4 N–H and O–H groups in total. The number of alkyl halides is 3. The highest BCUT2D eigenvalue weighted by atomic mass is 19.4. The van der Waals surface area contributed by atoms with Gasteiger partial charge in [0, 0.05) is 28.8 Å². The van der Waals surface area contributed by atoms with E-state index >= 15 is 0 Å². The number of rotatable bonds is 7. The smallest absolute Gasteiger partial charge is 0.489 e. The molecule has 214 valence electrons. The summed E-state index contributed by atoms with van der Waals surface area (Å²) in [5, 5.41) is 20.0. The highest BCUT2D eigenvalue weighted by Crippen LogP contribution is 2.25. The number of aromatic nitrogens is 1. The molecule has 13 heteroatoms. The number of aryl methyl sites for hydroxylation is 1. The highest BCUT2D eigenvalue weighted by molar-refractivity contribution is 5.95. The highest BCUT2D eigenvalue weighted by Gasteiger charge is 2.38. The van der Waals surface area contributed by atoms with E-state index < -0.39 is 23.6 Å². The first-order valence-electron chi connectivity index (χ1n) is 12.1. The zero-order chi connectivity index (χ0) is 29.3. The number of carbonyl (C=O) groups excluding carboxylic acids is 2. The number of halogens is 3. The summed E-state index contributed by atoms with van der Waals surface area (Å²) in [5.74, 6) is -3.00. The molecule has 0 aliphatic carbocycles. The lowest BCUT2D eigenvalue weighted by molar-refractivity contribution is -0.192. The Morgan fingerprint density at radius 2 is 1.80 bits per heavy atom. The molecule has 0 spiro atoms. The zero-order valence-electron chi connectivity index (χ0n) is 21.5. The number of amides is 2. The van der Waals surface area contributed by atoms with E-state index in [4.69, 9.17) is 24.6 Å². The Morgan fingerprint density at radius 3 is 2.40 bits per heavy atom. The van der Waals surface area contributed by atoms with Crippen LogP contribution in [0.3, 0.4) is 0 Å². The summed E-state index contributed by atoms with van der Waals surface area (Å²) in [6, 6.07) is 16.8. The average molecular weight is 564 g/mol. The number of nitrogens with one attached hydrogen (secondary N) is 2. The van der Waals surface area contributed by atoms with Crippen molar-refractivity contribution >= 4 is 28.7 Å². The Balaban J connectivity index is 0.000000559. The van der Waals surface area contributed by atoms with Crippen LogP contribution in [0.2, 0.25) is 0 Å². The number of pyridine rings is 1. The number of nitrogens with zero attached hydrogens (tertiary/aromatic N) is 1. The number of ether oxygens (including phenoxy) is 2. The van der Waals surface area contributed by atoms with Gasteiger partial charge in [0.15, 0.2) is 0 Å². The molecule has 3 aromatic rings. The van der Waals surface area contributed by atoms with E-state index in [1.807, 2.05) is 37.3 Å². The number of fused-ring (bicyclic) bond motifs is 1. The van der Waals surface area contributed by atoms with Gasteiger partial charge in [-0.3, -0.25) is 19.8 Å². The van der Waals surface area contributed by atoms with Crippen LogP contribution in [-0.2, 0) is 20.9 Å². The van der Waals surface area contributed by atoms with Crippen LogP contribution in [0.25, 0.3) is 10.9 Å². The van der Waals surface area contributed by atoms with E-state index in [-0.39, 0.29) is 18.9 Å². The van der Waals surface area contributed by atoms with E-state index in [0.29, 0.717) is 30.9 Å². The summed E-state index contributed by atoms with van der Waals surface area (Å²) in [6.07, 6.45) is -3.84. The minimum Gasteiger partial charge on any atom is -0.489 e. The molecule has 1 saturated heterocycles. The van der Waals surface area contributed by atoms with E-state index in [1.54, 1.807) is 29.7 Å². The van der Waals surface area contributed by atoms with Crippen molar-refractivity contribution in [2.75, 3.05) is 13.2 Å². The predicted molar refractivity (Wildman–Crippen MR) is 136 cm³/mol. The summed E-state index contributed by atoms with van der Waals surface area (Å²) in [4.78, 5) is 38.1. The molecule has 0 bridgehead atoms. The molecule has 1 aliphatic heterocycles. The third-order valence-electron chi connectivity index (χ3n) is 6.01. The molecule has 0 unspecified atom stereocenters. The molecule has 1 fully saturated rings. The van der Waals surface area contributed by atoms with Gasteiger partial charge in [0.25, 0.3) is 5.91 Å². The zero-order valence-corrected chi connectivity index (χ0v) is 21.5. The molecule has 2 heterocycles. The molecular weight excluding hydrogens is 535 g/mol. The lowest BCUT2D eigenvalue weighted by Crippen LogP contribution is -2.56. The molecule has 4 rings (SSSR count). The third-order valence-corrected chi connectivity index (χ3v) is 6.01. The fourth-order valence-corrected chi connectivity index (χ4v) is 4.17. The van der Waals surface area contributed by atoms with Crippen LogP contribution in [0.1, 0.15) is 40.9 Å². The van der Waals surface area contributed by atoms with Crippen molar-refractivity contribution in [3.05, 3.63) is 71.4 Å². The fourth-order valence-electron chi connectivity index (χ4n) is 4.17. The molecule has 1 aromatic heterocycles.